The van der Waals surface area contributed by atoms with Gasteiger partial charge in [0.1, 0.15) is 5.75 Å². The first-order valence-corrected chi connectivity index (χ1v) is 14.5. The van der Waals surface area contributed by atoms with Crippen LogP contribution in [0.4, 0.5) is 16.2 Å². The highest BCUT2D eigenvalue weighted by Gasteiger charge is 2.43. The maximum atomic E-state index is 13.7. The van der Waals surface area contributed by atoms with Crippen molar-refractivity contribution in [2.24, 2.45) is 0 Å². The molecule has 0 bridgehead atoms. The highest BCUT2D eigenvalue weighted by molar-refractivity contribution is 7.89. The molecule has 8 nitrogen and oxygen atoms in total. The molecule has 3 aromatic carbocycles. The first-order valence-electron chi connectivity index (χ1n) is 13.0. The van der Waals surface area contributed by atoms with E-state index in [1.807, 2.05) is 12.1 Å². The van der Waals surface area contributed by atoms with Crippen LogP contribution in [0.1, 0.15) is 31.2 Å². The zero-order chi connectivity index (χ0) is 26.5. The Morgan fingerprint density at radius 1 is 0.868 bits per heavy atom. The van der Waals surface area contributed by atoms with Gasteiger partial charge in [0.2, 0.25) is 10.0 Å². The Balaban J connectivity index is 1.22. The predicted molar refractivity (Wildman–Crippen MR) is 149 cm³/mol. The fourth-order valence-corrected chi connectivity index (χ4v) is 6.99. The van der Waals surface area contributed by atoms with Crippen LogP contribution < -0.4 is 15.4 Å². The molecule has 9 heteroatoms. The number of urea groups is 1. The molecule has 200 valence electrons. The van der Waals surface area contributed by atoms with E-state index < -0.39 is 16.1 Å². The van der Waals surface area contributed by atoms with Crippen molar-refractivity contribution < 1.29 is 17.9 Å². The molecule has 5 rings (SSSR count). The number of likely N-dealkylation sites (tertiary alicyclic amines) is 1. The van der Waals surface area contributed by atoms with Gasteiger partial charge in [-0.1, -0.05) is 42.5 Å². The molecule has 0 aromatic heterocycles. The fourth-order valence-electron chi connectivity index (χ4n) is 5.06. The number of rotatable bonds is 9. The third-order valence-electron chi connectivity index (χ3n) is 7.12. The Labute approximate surface area is 224 Å². The number of ether oxygens (including phenoxy) is 1. The minimum Gasteiger partial charge on any atom is -0.495 e. The van der Waals surface area contributed by atoms with E-state index in [1.165, 1.54) is 12.7 Å². The van der Waals surface area contributed by atoms with Gasteiger partial charge >= 0.3 is 6.03 Å². The quantitative estimate of drug-likeness (QED) is 0.396. The van der Waals surface area contributed by atoms with Crippen LogP contribution in [0.15, 0.2) is 83.8 Å². The van der Waals surface area contributed by atoms with Gasteiger partial charge < -0.3 is 15.4 Å². The number of hydrogen-bond donors (Lipinski definition) is 2. The summed E-state index contributed by atoms with van der Waals surface area (Å²) in [4.78, 5) is 15.1. The molecule has 1 aliphatic carbocycles. The summed E-state index contributed by atoms with van der Waals surface area (Å²) in [7, 11) is -2.11. The molecule has 0 spiro atoms. The Kier molecular flexibility index (Phi) is 7.97. The third kappa shape index (κ3) is 6.18. The standard InChI is InChI=1S/C29H34N4O4S/c1-37-28-10-6-5-9-27(28)31-29(34)30-23-11-15-26(16-12-23)38(35,36)33(24-13-14-24)25-17-19-32(20-18-25)21-22-7-3-2-4-8-22/h2-12,15-16,24-25H,13-14,17-21H2,1H3,(H2,30,31,34). The van der Waals surface area contributed by atoms with E-state index in [2.05, 4.69) is 39.8 Å². The van der Waals surface area contributed by atoms with Crippen molar-refractivity contribution in [2.75, 3.05) is 30.8 Å². The summed E-state index contributed by atoms with van der Waals surface area (Å²) >= 11 is 0. The highest BCUT2D eigenvalue weighted by atomic mass is 32.2. The number of carbonyl (C=O) groups is 1. The molecule has 2 amide bonds. The normalized spacial score (nSPS) is 16.8. The van der Waals surface area contributed by atoms with Crippen molar-refractivity contribution in [3.63, 3.8) is 0 Å². The number of benzene rings is 3. The maximum absolute atomic E-state index is 13.7. The smallest absolute Gasteiger partial charge is 0.323 e. The first-order chi connectivity index (χ1) is 18.4. The molecule has 3 aromatic rings. The second-order valence-electron chi connectivity index (χ2n) is 9.86. The van der Waals surface area contributed by atoms with Gasteiger partial charge in [-0.05, 0) is 67.6 Å². The maximum Gasteiger partial charge on any atom is 0.323 e. The Hall–Kier alpha value is -3.40. The lowest BCUT2D eigenvalue weighted by Gasteiger charge is -2.38. The second kappa shape index (κ2) is 11.6. The Morgan fingerprint density at radius 2 is 1.50 bits per heavy atom. The molecule has 0 radical (unpaired) electrons. The van der Waals surface area contributed by atoms with Gasteiger partial charge in [0.05, 0.1) is 17.7 Å². The molecular formula is C29H34N4O4S. The van der Waals surface area contributed by atoms with Crippen LogP contribution in [-0.2, 0) is 16.6 Å². The monoisotopic (exact) mass is 534 g/mol. The number of nitrogens with zero attached hydrogens (tertiary/aromatic N) is 2. The molecule has 0 atom stereocenters. The van der Waals surface area contributed by atoms with E-state index in [4.69, 9.17) is 4.74 Å². The summed E-state index contributed by atoms with van der Waals surface area (Å²) in [5, 5.41) is 5.51. The van der Waals surface area contributed by atoms with Crippen LogP contribution in [0.2, 0.25) is 0 Å². The summed E-state index contributed by atoms with van der Waals surface area (Å²) < 4.78 is 34.5. The van der Waals surface area contributed by atoms with Gasteiger partial charge in [0.25, 0.3) is 0 Å². The van der Waals surface area contributed by atoms with Crippen molar-refractivity contribution in [3.05, 3.63) is 84.4 Å². The molecule has 1 saturated heterocycles. The minimum absolute atomic E-state index is 0.00366. The Morgan fingerprint density at radius 3 is 2.16 bits per heavy atom. The number of anilines is 2. The lowest BCUT2D eigenvalue weighted by Crippen LogP contribution is -2.48. The zero-order valence-corrected chi connectivity index (χ0v) is 22.4. The number of nitrogens with one attached hydrogen (secondary N) is 2. The van der Waals surface area contributed by atoms with Crippen LogP contribution >= 0.6 is 0 Å². The summed E-state index contributed by atoms with van der Waals surface area (Å²) in [6.45, 7) is 2.65. The summed E-state index contributed by atoms with van der Waals surface area (Å²) in [6, 6.07) is 23.6. The average molecular weight is 535 g/mol. The zero-order valence-electron chi connectivity index (χ0n) is 21.5. The lowest BCUT2D eigenvalue weighted by molar-refractivity contribution is 0.150. The van der Waals surface area contributed by atoms with E-state index in [0.717, 1.165) is 45.3 Å². The molecule has 2 fully saturated rings. The molecule has 2 N–H and O–H groups in total. The topological polar surface area (TPSA) is 91.0 Å². The molecule has 0 unspecified atom stereocenters. The fraction of sp³-hybridized carbons (Fsp3) is 0.345. The number of piperidine rings is 1. The first kappa shape index (κ1) is 26.2. The number of amides is 2. The largest absolute Gasteiger partial charge is 0.495 e. The van der Waals surface area contributed by atoms with E-state index in [9.17, 15) is 13.2 Å². The van der Waals surface area contributed by atoms with Crippen LogP contribution in [0, 0.1) is 0 Å². The predicted octanol–water partition coefficient (Wildman–Crippen LogP) is 5.16. The van der Waals surface area contributed by atoms with Gasteiger partial charge in [-0.3, -0.25) is 4.90 Å². The van der Waals surface area contributed by atoms with Crippen molar-refractivity contribution in [1.29, 1.82) is 0 Å². The van der Waals surface area contributed by atoms with Crippen LogP contribution in [0.5, 0.6) is 5.75 Å². The lowest BCUT2D eigenvalue weighted by atomic mass is 10.0. The number of methoxy groups -OCH3 is 1. The number of hydrogen-bond acceptors (Lipinski definition) is 5. The molecule has 1 heterocycles. The summed E-state index contributed by atoms with van der Waals surface area (Å²) in [5.74, 6) is 0.551. The SMILES string of the molecule is COc1ccccc1NC(=O)Nc1ccc(S(=O)(=O)N(C2CC2)C2CCN(Cc3ccccc3)CC2)cc1. The van der Waals surface area contributed by atoms with Crippen LogP contribution in [-0.4, -0.2) is 55.9 Å². The van der Waals surface area contributed by atoms with Crippen molar-refractivity contribution in [1.82, 2.24) is 9.21 Å². The van der Waals surface area contributed by atoms with Crippen molar-refractivity contribution >= 4 is 27.4 Å². The summed E-state index contributed by atoms with van der Waals surface area (Å²) in [5.41, 5.74) is 2.33. The highest BCUT2D eigenvalue weighted by Crippen LogP contribution is 2.37. The van der Waals surface area contributed by atoms with Crippen molar-refractivity contribution in [2.45, 2.75) is 49.2 Å². The van der Waals surface area contributed by atoms with Gasteiger partial charge in [0.15, 0.2) is 0 Å². The number of carbonyl (C=O) groups excluding carboxylic acids is 1. The van der Waals surface area contributed by atoms with Crippen LogP contribution in [0.3, 0.4) is 0 Å². The third-order valence-corrected chi connectivity index (χ3v) is 9.13. The second-order valence-corrected chi connectivity index (χ2v) is 11.7. The van der Waals surface area contributed by atoms with Crippen LogP contribution in [0.25, 0.3) is 0 Å². The van der Waals surface area contributed by atoms with E-state index in [-0.39, 0.29) is 17.0 Å². The molecule has 1 aliphatic heterocycles. The summed E-state index contributed by atoms with van der Waals surface area (Å²) in [6.07, 6.45) is 3.47. The Bertz CT molecular complexity index is 1340. The van der Waals surface area contributed by atoms with Gasteiger partial charge in [-0.25, -0.2) is 13.2 Å². The molecule has 38 heavy (non-hydrogen) atoms. The molecule has 1 saturated carbocycles. The number of para-hydroxylation sites is 2. The molecule has 2 aliphatic rings. The van der Waals surface area contributed by atoms with E-state index >= 15 is 0 Å². The van der Waals surface area contributed by atoms with Gasteiger partial charge in [0, 0.05) is 37.4 Å². The molecular weight excluding hydrogens is 500 g/mol. The van der Waals surface area contributed by atoms with Gasteiger partial charge in [-0.15, -0.1) is 0 Å². The van der Waals surface area contributed by atoms with Crippen molar-refractivity contribution in [3.8, 4) is 5.75 Å². The van der Waals surface area contributed by atoms with E-state index in [0.29, 0.717) is 17.1 Å². The number of sulfonamides is 1. The minimum atomic E-state index is -3.65. The average Bonchev–Trinajstić information content (AvgIpc) is 3.76. The van der Waals surface area contributed by atoms with Gasteiger partial charge in [-0.2, -0.15) is 4.31 Å². The van der Waals surface area contributed by atoms with E-state index in [1.54, 1.807) is 46.8 Å².